The van der Waals surface area contributed by atoms with Crippen LogP contribution >= 0.6 is 23.6 Å². The van der Waals surface area contributed by atoms with Gasteiger partial charge in [0.15, 0.2) is 10.8 Å². The molecule has 84 valence electrons. The minimum atomic E-state index is 0.416. The van der Waals surface area contributed by atoms with Crippen LogP contribution in [0.4, 0.5) is 0 Å². The van der Waals surface area contributed by atoms with Crippen molar-refractivity contribution in [2.75, 3.05) is 0 Å². The van der Waals surface area contributed by atoms with Crippen molar-refractivity contribution in [3.8, 4) is 10.8 Å². The first-order chi connectivity index (χ1) is 7.72. The van der Waals surface area contributed by atoms with E-state index in [0.29, 0.717) is 4.99 Å². The molecule has 5 heteroatoms. The highest BCUT2D eigenvalue weighted by Gasteiger charge is 2.15. The molecule has 16 heavy (non-hydrogen) atoms. The zero-order valence-corrected chi connectivity index (χ0v) is 10.5. The molecule has 2 rings (SSSR count). The maximum atomic E-state index is 5.68. The average molecular weight is 252 g/mol. The fourth-order valence-electron chi connectivity index (χ4n) is 1.46. The summed E-state index contributed by atoms with van der Waals surface area (Å²) < 4.78 is 5.31. The second-order valence-corrected chi connectivity index (χ2v) is 4.83. The average Bonchev–Trinajstić information content (AvgIpc) is 2.83. The molecule has 3 nitrogen and oxygen atoms in total. The Labute approximate surface area is 103 Å². The van der Waals surface area contributed by atoms with Crippen LogP contribution in [-0.2, 0) is 6.42 Å². The Morgan fingerprint density at radius 3 is 3.00 bits per heavy atom. The van der Waals surface area contributed by atoms with E-state index < -0.39 is 0 Å². The third-order valence-corrected chi connectivity index (χ3v) is 3.62. The lowest BCUT2D eigenvalue weighted by Gasteiger charge is -1.95. The van der Waals surface area contributed by atoms with Gasteiger partial charge in [0.05, 0.1) is 16.8 Å². The van der Waals surface area contributed by atoms with Crippen LogP contribution in [0.15, 0.2) is 22.8 Å². The molecule has 2 heterocycles. The summed E-state index contributed by atoms with van der Waals surface area (Å²) >= 11 is 6.52. The summed E-state index contributed by atoms with van der Waals surface area (Å²) in [5.41, 5.74) is 6.66. The van der Waals surface area contributed by atoms with Crippen LogP contribution in [0.25, 0.3) is 10.8 Å². The van der Waals surface area contributed by atoms with Gasteiger partial charge in [0.2, 0.25) is 0 Å². The number of aromatic nitrogens is 1. The van der Waals surface area contributed by atoms with Crippen LogP contribution in [0.5, 0.6) is 0 Å². The van der Waals surface area contributed by atoms with Crippen molar-refractivity contribution in [1.29, 1.82) is 0 Å². The molecule has 0 spiro atoms. The van der Waals surface area contributed by atoms with Gasteiger partial charge in [0.25, 0.3) is 0 Å². The Balaban J connectivity index is 2.42. The third kappa shape index (κ3) is 2.15. The maximum absolute atomic E-state index is 5.68. The molecular weight excluding hydrogens is 240 g/mol. The molecule has 0 saturated heterocycles. The second-order valence-electron chi connectivity index (χ2n) is 3.39. The first-order valence-electron chi connectivity index (χ1n) is 5.05. The zero-order chi connectivity index (χ0) is 11.5. The third-order valence-electron chi connectivity index (χ3n) is 2.14. The smallest absolute Gasteiger partial charge is 0.162 e. The normalized spacial score (nSPS) is 10.6. The molecule has 0 radical (unpaired) electrons. The standard InChI is InChI=1S/C11H12N2OS2/c1-2-4-7-9(10(12)15)16-11(13-7)8-5-3-6-14-8/h3,5-6H,2,4H2,1H3,(H2,12,15). The molecule has 0 aromatic carbocycles. The molecule has 2 aromatic heterocycles. The lowest BCUT2D eigenvalue weighted by atomic mass is 10.2. The monoisotopic (exact) mass is 252 g/mol. The summed E-state index contributed by atoms with van der Waals surface area (Å²) in [4.78, 5) is 5.84. The Hall–Kier alpha value is -1.20. The molecule has 2 aromatic rings. The van der Waals surface area contributed by atoms with Gasteiger partial charge in [-0.2, -0.15) is 0 Å². The van der Waals surface area contributed by atoms with E-state index in [1.807, 2.05) is 12.1 Å². The Kier molecular flexibility index (Phi) is 3.36. The Bertz CT molecular complexity index is 488. The van der Waals surface area contributed by atoms with Crippen molar-refractivity contribution in [2.24, 2.45) is 5.73 Å². The number of thiocarbonyl (C=S) groups is 1. The lowest BCUT2D eigenvalue weighted by molar-refractivity contribution is 0.581. The van der Waals surface area contributed by atoms with E-state index in [2.05, 4.69) is 11.9 Å². The molecule has 0 bridgehead atoms. The van der Waals surface area contributed by atoms with Crippen LogP contribution in [0.1, 0.15) is 23.9 Å². The number of rotatable bonds is 4. The number of thiazole rings is 1. The number of nitrogens with two attached hydrogens (primary N) is 1. The molecule has 0 saturated carbocycles. The highest BCUT2D eigenvalue weighted by atomic mass is 32.1. The minimum Gasteiger partial charge on any atom is -0.462 e. The van der Waals surface area contributed by atoms with Crippen molar-refractivity contribution >= 4 is 28.5 Å². The number of furan rings is 1. The molecule has 0 fully saturated rings. The number of hydrogen-bond donors (Lipinski definition) is 1. The summed E-state index contributed by atoms with van der Waals surface area (Å²) in [6.45, 7) is 2.11. The van der Waals surface area contributed by atoms with E-state index in [-0.39, 0.29) is 0 Å². The second kappa shape index (κ2) is 4.76. The highest BCUT2D eigenvalue weighted by Crippen LogP contribution is 2.29. The molecule has 2 N–H and O–H groups in total. The van der Waals surface area contributed by atoms with Gasteiger partial charge in [-0.05, 0) is 18.6 Å². The van der Waals surface area contributed by atoms with E-state index in [1.165, 1.54) is 11.3 Å². The van der Waals surface area contributed by atoms with Gasteiger partial charge >= 0.3 is 0 Å². The van der Waals surface area contributed by atoms with Crippen LogP contribution in [0, 0.1) is 0 Å². The van der Waals surface area contributed by atoms with Crippen molar-refractivity contribution in [3.63, 3.8) is 0 Å². The van der Waals surface area contributed by atoms with Gasteiger partial charge in [0, 0.05) is 0 Å². The van der Waals surface area contributed by atoms with Crippen molar-refractivity contribution < 1.29 is 4.42 Å². The van der Waals surface area contributed by atoms with Gasteiger partial charge in [-0.1, -0.05) is 25.6 Å². The Morgan fingerprint density at radius 1 is 1.62 bits per heavy atom. The Morgan fingerprint density at radius 2 is 2.44 bits per heavy atom. The predicted octanol–water partition coefficient (Wildman–Crippen LogP) is 2.99. The maximum Gasteiger partial charge on any atom is 0.162 e. The van der Waals surface area contributed by atoms with Gasteiger partial charge < -0.3 is 10.2 Å². The summed E-state index contributed by atoms with van der Waals surface area (Å²) in [6, 6.07) is 3.73. The van der Waals surface area contributed by atoms with Gasteiger partial charge in [-0.3, -0.25) is 0 Å². The molecule has 0 amide bonds. The first kappa shape index (κ1) is 11.3. The van der Waals surface area contributed by atoms with E-state index >= 15 is 0 Å². The topological polar surface area (TPSA) is 52.0 Å². The van der Waals surface area contributed by atoms with Gasteiger partial charge in [0.1, 0.15) is 4.99 Å². The molecule has 0 aliphatic heterocycles. The molecule has 0 unspecified atom stereocenters. The van der Waals surface area contributed by atoms with Crippen LogP contribution in [-0.4, -0.2) is 9.97 Å². The summed E-state index contributed by atoms with van der Waals surface area (Å²) in [5, 5.41) is 0.844. The number of aryl methyl sites for hydroxylation is 1. The number of hydrogen-bond acceptors (Lipinski definition) is 4. The van der Waals surface area contributed by atoms with E-state index in [4.69, 9.17) is 22.4 Å². The zero-order valence-electron chi connectivity index (χ0n) is 8.90. The summed E-state index contributed by atoms with van der Waals surface area (Å²) in [5.74, 6) is 0.768. The van der Waals surface area contributed by atoms with E-state index in [1.54, 1.807) is 6.26 Å². The fourth-order valence-corrected chi connectivity index (χ4v) is 2.63. The lowest BCUT2D eigenvalue weighted by Crippen LogP contribution is -2.09. The van der Waals surface area contributed by atoms with Crippen LogP contribution in [0.2, 0.25) is 0 Å². The molecule has 0 atom stereocenters. The van der Waals surface area contributed by atoms with E-state index in [9.17, 15) is 0 Å². The first-order valence-corrected chi connectivity index (χ1v) is 6.28. The molecular formula is C11H12N2OS2. The predicted molar refractivity (Wildman–Crippen MR) is 69.7 cm³/mol. The highest BCUT2D eigenvalue weighted by molar-refractivity contribution is 7.81. The summed E-state index contributed by atoms with van der Waals surface area (Å²) in [6.07, 6.45) is 3.55. The van der Waals surface area contributed by atoms with E-state index in [0.717, 1.165) is 34.2 Å². The SMILES string of the molecule is CCCc1nc(-c2ccco2)sc1C(N)=S. The van der Waals surface area contributed by atoms with Gasteiger partial charge in [-0.15, -0.1) is 11.3 Å². The largest absolute Gasteiger partial charge is 0.462 e. The van der Waals surface area contributed by atoms with Crippen molar-refractivity contribution in [2.45, 2.75) is 19.8 Å². The van der Waals surface area contributed by atoms with Gasteiger partial charge in [-0.25, -0.2) is 4.98 Å². The number of nitrogens with zero attached hydrogens (tertiary/aromatic N) is 1. The minimum absolute atomic E-state index is 0.416. The van der Waals surface area contributed by atoms with Crippen LogP contribution in [0.3, 0.4) is 0 Å². The molecule has 0 aliphatic carbocycles. The van der Waals surface area contributed by atoms with Crippen molar-refractivity contribution in [1.82, 2.24) is 4.98 Å². The quantitative estimate of drug-likeness (QED) is 0.850. The fraction of sp³-hybridized carbons (Fsp3) is 0.273. The van der Waals surface area contributed by atoms with Crippen LogP contribution < -0.4 is 5.73 Å². The van der Waals surface area contributed by atoms with Crippen molar-refractivity contribution in [3.05, 3.63) is 29.0 Å². The molecule has 0 aliphatic rings. The summed E-state index contributed by atoms with van der Waals surface area (Å²) in [7, 11) is 0.